The van der Waals surface area contributed by atoms with Crippen LogP contribution in [0.15, 0.2) is 17.1 Å². The Bertz CT molecular complexity index is 736. The lowest BCUT2D eigenvalue weighted by Gasteiger charge is -2.29. The van der Waals surface area contributed by atoms with Gasteiger partial charge in [0.25, 0.3) is 0 Å². The van der Waals surface area contributed by atoms with Crippen LogP contribution in [0.5, 0.6) is 0 Å². The van der Waals surface area contributed by atoms with E-state index in [2.05, 4.69) is 4.98 Å². The standard InChI is InChI=1S/C16H25N3O10/c1-25-7-16(27-3,8-26-2)14(22)28-6-9-11(20)12(21)13(29-9)19-5-4-10(18-24)17-15(19)23/h4-5,9,11-13,20-21,24H,6-8H2,1-3H3,(H,17,18,23)/t9-,11-,12-,13-/m1/s1. The van der Waals surface area contributed by atoms with Crippen molar-refractivity contribution in [1.29, 1.82) is 0 Å². The Morgan fingerprint density at radius 1 is 1.28 bits per heavy atom. The number of nitrogens with one attached hydrogen (secondary N) is 1. The number of ether oxygens (including phenoxy) is 5. The first-order chi connectivity index (χ1) is 13.8. The first-order valence-electron chi connectivity index (χ1n) is 8.54. The van der Waals surface area contributed by atoms with E-state index in [9.17, 15) is 19.8 Å². The highest BCUT2D eigenvalue weighted by Crippen LogP contribution is 2.29. The van der Waals surface area contributed by atoms with Crippen molar-refractivity contribution in [3.05, 3.63) is 22.7 Å². The molecule has 13 heteroatoms. The lowest BCUT2D eigenvalue weighted by molar-refractivity contribution is -0.188. The summed E-state index contributed by atoms with van der Waals surface area (Å²) in [5.41, 5.74) is -0.631. The number of hydrogen-bond acceptors (Lipinski definition) is 12. The van der Waals surface area contributed by atoms with Gasteiger partial charge in [0.1, 0.15) is 24.9 Å². The molecule has 2 rings (SSSR count). The summed E-state index contributed by atoms with van der Waals surface area (Å²) >= 11 is 0. The van der Waals surface area contributed by atoms with Gasteiger partial charge in [-0.3, -0.25) is 15.3 Å². The molecule has 0 radical (unpaired) electrons. The van der Waals surface area contributed by atoms with E-state index in [0.717, 1.165) is 4.57 Å². The monoisotopic (exact) mass is 419 g/mol. The third kappa shape index (κ3) is 4.90. The van der Waals surface area contributed by atoms with Gasteiger partial charge in [0.05, 0.1) is 13.2 Å². The molecule has 1 aromatic heterocycles. The second-order valence-corrected chi connectivity index (χ2v) is 6.32. The number of carbonyl (C=O) groups is 1. The molecule has 1 aromatic rings. The zero-order chi connectivity index (χ0) is 21.6. The van der Waals surface area contributed by atoms with Gasteiger partial charge >= 0.3 is 11.7 Å². The Labute approximate surface area is 165 Å². The molecule has 164 valence electrons. The van der Waals surface area contributed by atoms with E-state index in [1.807, 2.05) is 0 Å². The zero-order valence-electron chi connectivity index (χ0n) is 16.2. The molecule has 0 saturated carbocycles. The predicted molar refractivity (Wildman–Crippen MR) is 94.3 cm³/mol. The van der Waals surface area contributed by atoms with E-state index in [-0.39, 0.29) is 19.0 Å². The van der Waals surface area contributed by atoms with Crippen molar-refractivity contribution >= 4 is 11.8 Å². The lowest BCUT2D eigenvalue weighted by atomic mass is 10.1. The minimum absolute atomic E-state index is 0.100. The van der Waals surface area contributed by atoms with Crippen LogP contribution in [0.4, 0.5) is 5.82 Å². The van der Waals surface area contributed by atoms with E-state index in [4.69, 9.17) is 28.9 Å². The fraction of sp³-hybridized carbons (Fsp3) is 0.688. The molecule has 1 fully saturated rings. The zero-order valence-corrected chi connectivity index (χ0v) is 16.2. The predicted octanol–water partition coefficient (Wildman–Crippen LogP) is -2.12. The maximum atomic E-state index is 12.5. The number of anilines is 1. The molecule has 0 aliphatic carbocycles. The van der Waals surface area contributed by atoms with Gasteiger partial charge in [-0.2, -0.15) is 4.98 Å². The number of aliphatic hydroxyl groups excluding tert-OH is 2. The fourth-order valence-electron chi connectivity index (χ4n) is 2.88. The maximum absolute atomic E-state index is 12.5. The molecule has 1 saturated heterocycles. The summed E-state index contributed by atoms with van der Waals surface area (Å²) in [5.74, 6) is -0.911. The molecule has 1 aliphatic heterocycles. The minimum Gasteiger partial charge on any atom is -0.461 e. The Hall–Kier alpha value is -2.13. The molecule has 0 spiro atoms. The molecule has 4 atom stereocenters. The van der Waals surface area contributed by atoms with Gasteiger partial charge in [-0.1, -0.05) is 0 Å². The number of esters is 1. The summed E-state index contributed by atoms with van der Waals surface area (Å²) in [6, 6.07) is 1.26. The van der Waals surface area contributed by atoms with Crippen molar-refractivity contribution in [3.8, 4) is 0 Å². The molecule has 13 nitrogen and oxygen atoms in total. The minimum atomic E-state index is -1.51. The quantitative estimate of drug-likeness (QED) is 0.241. The Morgan fingerprint density at radius 2 is 1.93 bits per heavy atom. The van der Waals surface area contributed by atoms with Crippen LogP contribution in [0.3, 0.4) is 0 Å². The molecular weight excluding hydrogens is 394 g/mol. The van der Waals surface area contributed by atoms with Crippen molar-refractivity contribution in [1.82, 2.24) is 9.55 Å². The number of hydrogen-bond donors (Lipinski definition) is 4. The number of aromatic nitrogens is 2. The van der Waals surface area contributed by atoms with Gasteiger partial charge < -0.3 is 33.9 Å². The van der Waals surface area contributed by atoms with E-state index in [0.29, 0.717) is 0 Å². The van der Waals surface area contributed by atoms with Gasteiger partial charge in [0, 0.05) is 27.5 Å². The molecular formula is C16H25N3O10. The first kappa shape index (κ1) is 23.2. The average Bonchev–Trinajstić information content (AvgIpc) is 2.99. The van der Waals surface area contributed by atoms with Crippen LogP contribution < -0.4 is 11.2 Å². The first-order valence-corrected chi connectivity index (χ1v) is 8.54. The van der Waals surface area contributed by atoms with Crippen LogP contribution in [-0.4, -0.2) is 96.0 Å². The maximum Gasteiger partial charge on any atom is 0.351 e. The topological polar surface area (TPSA) is 171 Å². The van der Waals surface area contributed by atoms with Crippen molar-refractivity contribution in [2.24, 2.45) is 0 Å². The Morgan fingerprint density at radius 3 is 2.45 bits per heavy atom. The van der Waals surface area contributed by atoms with E-state index < -0.39 is 48.4 Å². The van der Waals surface area contributed by atoms with Gasteiger partial charge in [0.2, 0.25) is 5.60 Å². The number of nitrogens with zero attached hydrogens (tertiary/aromatic N) is 2. The van der Waals surface area contributed by atoms with Gasteiger partial charge in [-0.15, -0.1) is 0 Å². The normalized spacial score (nSPS) is 24.5. The SMILES string of the molecule is COCC(COC)(OC)C(=O)OC[C@H]1O[C@@H](n2ccc(NO)nc2=O)[C@H](O)[C@@H]1O. The summed E-state index contributed by atoms with van der Waals surface area (Å²) < 4.78 is 26.8. The fourth-order valence-corrected chi connectivity index (χ4v) is 2.88. The lowest BCUT2D eigenvalue weighted by Crippen LogP contribution is -2.51. The summed E-state index contributed by atoms with van der Waals surface area (Å²) in [5, 5.41) is 29.2. The molecule has 1 aliphatic rings. The van der Waals surface area contributed by atoms with Crippen molar-refractivity contribution < 1.29 is 43.9 Å². The molecule has 0 unspecified atom stereocenters. The number of carbonyl (C=O) groups excluding carboxylic acids is 1. The molecule has 4 N–H and O–H groups in total. The summed E-state index contributed by atoms with van der Waals surface area (Å²) in [7, 11) is 4.06. The number of methoxy groups -OCH3 is 3. The van der Waals surface area contributed by atoms with E-state index in [1.54, 1.807) is 5.48 Å². The summed E-state index contributed by atoms with van der Waals surface area (Å²) in [6.45, 7) is -0.700. The summed E-state index contributed by atoms with van der Waals surface area (Å²) in [4.78, 5) is 28.0. The second-order valence-electron chi connectivity index (χ2n) is 6.32. The van der Waals surface area contributed by atoms with E-state index in [1.165, 1.54) is 33.6 Å². The molecule has 0 aromatic carbocycles. The van der Waals surface area contributed by atoms with Crippen LogP contribution in [-0.2, 0) is 28.5 Å². The Balaban J connectivity index is 2.09. The second kappa shape index (κ2) is 10.1. The van der Waals surface area contributed by atoms with E-state index >= 15 is 0 Å². The average molecular weight is 419 g/mol. The van der Waals surface area contributed by atoms with Gasteiger partial charge in [-0.05, 0) is 6.07 Å². The Kier molecular flexibility index (Phi) is 8.04. The van der Waals surface area contributed by atoms with Crippen LogP contribution in [0.25, 0.3) is 0 Å². The third-order valence-corrected chi connectivity index (χ3v) is 4.45. The van der Waals surface area contributed by atoms with Crippen LogP contribution in [0.1, 0.15) is 6.23 Å². The van der Waals surface area contributed by atoms with Crippen LogP contribution in [0, 0.1) is 0 Å². The highest BCUT2D eigenvalue weighted by molar-refractivity contribution is 5.80. The van der Waals surface area contributed by atoms with Gasteiger partial charge in [0.15, 0.2) is 12.0 Å². The highest BCUT2D eigenvalue weighted by Gasteiger charge is 2.46. The largest absolute Gasteiger partial charge is 0.461 e. The van der Waals surface area contributed by atoms with Crippen molar-refractivity contribution in [3.63, 3.8) is 0 Å². The van der Waals surface area contributed by atoms with Crippen molar-refractivity contribution in [2.45, 2.75) is 30.1 Å². The molecule has 0 amide bonds. The molecule has 29 heavy (non-hydrogen) atoms. The molecule has 2 heterocycles. The van der Waals surface area contributed by atoms with Crippen LogP contribution >= 0.6 is 0 Å². The smallest absolute Gasteiger partial charge is 0.351 e. The number of rotatable bonds is 10. The third-order valence-electron chi connectivity index (χ3n) is 4.45. The highest BCUT2D eigenvalue weighted by atomic mass is 16.6. The van der Waals surface area contributed by atoms with Gasteiger partial charge in [-0.25, -0.2) is 9.59 Å². The number of aliphatic hydroxyl groups is 2. The van der Waals surface area contributed by atoms with Crippen molar-refractivity contribution in [2.75, 3.05) is 46.6 Å². The summed E-state index contributed by atoms with van der Waals surface area (Å²) in [6.07, 6.45) is -4.11. The molecule has 0 bridgehead atoms. The van der Waals surface area contributed by atoms with Crippen LogP contribution in [0.2, 0.25) is 0 Å².